The van der Waals surface area contributed by atoms with Crippen LogP contribution in [0.4, 0.5) is 0 Å². The van der Waals surface area contributed by atoms with E-state index in [2.05, 4.69) is 57.3 Å². The molecule has 20 heavy (non-hydrogen) atoms. The van der Waals surface area contributed by atoms with E-state index in [9.17, 15) is 0 Å². The molecule has 0 atom stereocenters. The van der Waals surface area contributed by atoms with E-state index in [4.69, 9.17) is 0 Å². The van der Waals surface area contributed by atoms with Gasteiger partial charge in [-0.05, 0) is 53.0 Å². The molecule has 0 aliphatic carbocycles. The van der Waals surface area contributed by atoms with Gasteiger partial charge in [0.05, 0.1) is 10.7 Å². The van der Waals surface area contributed by atoms with Crippen LogP contribution in [0, 0.1) is 0 Å². The summed E-state index contributed by atoms with van der Waals surface area (Å²) in [6.07, 6.45) is 6.95. The second-order valence-electron chi connectivity index (χ2n) is 4.85. The van der Waals surface area contributed by atoms with Crippen LogP contribution in [0.1, 0.15) is 37.9 Å². The second kappa shape index (κ2) is 7.55. The van der Waals surface area contributed by atoms with E-state index in [1.807, 2.05) is 10.9 Å². The Morgan fingerprint density at radius 2 is 2.10 bits per heavy atom. The predicted octanol–water partition coefficient (Wildman–Crippen LogP) is 3.48. The molecule has 0 aliphatic rings. The van der Waals surface area contributed by atoms with Gasteiger partial charge in [-0.1, -0.05) is 20.3 Å². The Bertz CT molecular complexity index is 551. The van der Waals surface area contributed by atoms with E-state index in [0.717, 1.165) is 48.3 Å². The van der Waals surface area contributed by atoms with Crippen molar-refractivity contribution in [1.82, 2.24) is 20.1 Å². The van der Waals surface area contributed by atoms with E-state index < -0.39 is 0 Å². The lowest BCUT2D eigenvalue weighted by atomic mass is 10.1. The van der Waals surface area contributed by atoms with Crippen molar-refractivity contribution >= 4 is 15.9 Å². The lowest BCUT2D eigenvalue weighted by Gasteiger charge is -2.09. The number of nitrogens with zero attached hydrogens (tertiary/aromatic N) is 3. The molecule has 2 aromatic heterocycles. The molecule has 0 saturated carbocycles. The minimum atomic E-state index is 0.877. The second-order valence-corrected chi connectivity index (χ2v) is 5.77. The van der Waals surface area contributed by atoms with Gasteiger partial charge in [0.2, 0.25) is 0 Å². The number of nitrogens with one attached hydrogen (secondary N) is 1. The maximum absolute atomic E-state index is 4.69. The number of hydrogen-bond acceptors (Lipinski definition) is 3. The highest BCUT2D eigenvalue weighted by Gasteiger charge is 2.06. The third-order valence-electron chi connectivity index (χ3n) is 2.97. The van der Waals surface area contributed by atoms with Crippen molar-refractivity contribution in [2.24, 2.45) is 0 Å². The van der Waals surface area contributed by atoms with E-state index >= 15 is 0 Å². The number of pyridine rings is 1. The SMILES string of the molecule is CCCNCc1cc(CCC)nc(-n2cc(Br)cn2)c1. The van der Waals surface area contributed by atoms with Crippen LogP contribution < -0.4 is 5.32 Å². The predicted molar refractivity (Wildman–Crippen MR) is 85.1 cm³/mol. The van der Waals surface area contributed by atoms with E-state index in [1.165, 1.54) is 5.56 Å². The van der Waals surface area contributed by atoms with E-state index in [0.29, 0.717) is 0 Å². The normalized spacial score (nSPS) is 10.9. The van der Waals surface area contributed by atoms with Crippen LogP contribution in [-0.4, -0.2) is 21.3 Å². The van der Waals surface area contributed by atoms with Gasteiger partial charge in [0, 0.05) is 18.4 Å². The van der Waals surface area contributed by atoms with Crippen LogP contribution in [-0.2, 0) is 13.0 Å². The largest absolute Gasteiger partial charge is 0.313 e. The minimum Gasteiger partial charge on any atom is -0.313 e. The van der Waals surface area contributed by atoms with Gasteiger partial charge < -0.3 is 5.32 Å². The monoisotopic (exact) mass is 336 g/mol. The Morgan fingerprint density at radius 1 is 1.25 bits per heavy atom. The molecule has 0 radical (unpaired) electrons. The van der Waals surface area contributed by atoms with Crippen molar-refractivity contribution in [3.63, 3.8) is 0 Å². The van der Waals surface area contributed by atoms with Crippen molar-refractivity contribution in [3.8, 4) is 5.82 Å². The molecule has 2 heterocycles. The highest BCUT2D eigenvalue weighted by molar-refractivity contribution is 9.10. The molecule has 0 fully saturated rings. The highest BCUT2D eigenvalue weighted by atomic mass is 79.9. The molecule has 0 amide bonds. The van der Waals surface area contributed by atoms with Crippen molar-refractivity contribution in [3.05, 3.63) is 40.3 Å². The van der Waals surface area contributed by atoms with Crippen LogP contribution in [0.25, 0.3) is 5.82 Å². The highest BCUT2D eigenvalue weighted by Crippen LogP contribution is 2.14. The first-order valence-electron chi connectivity index (χ1n) is 7.14. The molecule has 0 bridgehead atoms. The van der Waals surface area contributed by atoms with Crippen LogP contribution in [0.5, 0.6) is 0 Å². The molecule has 4 nitrogen and oxygen atoms in total. The summed E-state index contributed by atoms with van der Waals surface area (Å²) in [5.74, 6) is 0.884. The first-order chi connectivity index (χ1) is 9.72. The smallest absolute Gasteiger partial charge is 0.153 e. The molecule has 2 rings (SSSR count). The fourth-order valence-electron chi connectivity index (χ4n) is 2.07. The molecular formula is C15H21BrN4. The summed E-state index contributed by atoms with van der Waals surface area (Å²) >= 11 is 3.43. The Labute approximate surface area is 128 Å². The molecule has 0 saturated heterocycles. The first kappa shape index (κ1) is 15.2. The zero-order valence-electron chi connectivity index (χ0n) is 12.1. The molecule has 5 heteroatoms. The zero-order chi connectivity index (χ0) is 14.4. The number of halogens is 1. The maximum Gasteiger partial charge on any atom is 0.153 e. The third-order valence-corrected chi connectivity index (χ3v) is 3.38. The third kappa shape index (κ3) is 4.15. The van der Waals surface area contributed by atoms with Crippen molar-refractivity contribution < 1.29 is 0 Å². The Kier molecular flexibility index (Phi) is 5.73. The molecule has 1 N–H and O–H groups in total. The topological polar surface area (TPSA) is 42.7 Å². The van der Waals surface area contributed by atoms with Gasteiger partial charge in [-0.25, -0.2) is 9.67 Å². The molecule has 2 aromatic rings. The lowest BCUT2D eigenvalue weighted by Crippen LogP contribution is -2.15. The van der Waals surface area contributed by atoms with Crippen LogP contribution in [0.15, 0.2) is 29.0 Å². The van der Waals surface area contributed by atoms with Crippen LogP contribution in [0.2, 0.25) is 0 Å². The summed E-state index contributed by atoms with van der Waals surface area (Å²) in [6.45, 7) is 6.26. The minimum absolute atomic E-state index is 0.877. The molecule has 108 valence electrons. The summed E-state index contributed by atoms with van der Waals surface area (Å²) in [5, 5.41) is 7.75. The first-order valence-corrected chi connectivity index (χ1v) is 7.93. The summed E-state index contributed by atoms with van der Waals surface area (Å²) in [7, 11) is 0. The van der Waals surface area contributed by atoms with Gasteiger partial charge in [-0.15, -0.1) is 0 Å². The zero-order valence-corrected chi connectivity index (χ0v) is 13.7. The average molecular weight is 337 g/mol. The number of aryl methyl sites for hydroxylation is 1. The standard InChI is InChI=1S/C15H21BrN4/c1-3-5-14-7-12(9-17-6-4-2)8-15(19-14)20-11-13(16)10-18-20/h7-8,10-11,17H,3-6,9H2,1-2H3. The molecular weight excluding hydrogens is 316 g/mol. The van der Waals surface area contributed by atoms with Gasteiger partial charge >= 0.3 is 0 Å². The number of rotatable bonds is 7. The van der Waals surface area contributed by atoms with Crippen molar-refractivity contribution in [2.75, 3.05) is 6.54 Å². The number of hydrogen-bond donors (Lipinski definition) is 1. The fourth-order valence-corrected chi connectivity index (χ4v) is 2.36. The Hall–Kier alpha value is -1.20. The van der Waals surface area contributed by atoms with Crippen LogP contribution >= 0.6 is 15.9 Å². The quantitative estimate of drug-likeness (QED) is 0.787. The molecule has 0 aliphatic heterocycles. The Morgan fingerprint density at radius 3 is 2.75 bits per heavy atom. The van der Waals surface area contributed by atoms with Gasteiger partial charge in [-0.3, -0.25) is 0 Å². The lowest BCUT2D eigenvalue weighted by molar-refractivity contribution is 0.672. The van der Waals surface area contributed by atoms with Gasteiger partial charge in [-0.2, -0.15) is 5.10 Å². The molecule has 0 aromatic carbocycles. The molecule has 0 spiro atoms. The number of aromatic nitrogens is 3. The van der Waals surface area contributed by atoms with E-state index in [1.54, 1.807) is 6.20 Å². The fraction of sp³-hybridized carbons (Fsp3) is 0.467. The summed E-state index contributed by atoms with van der Waals surface area (Å²) in [6, 6.07) is 4.29. The Balaban J connectivity index is 2.25. The van der Waals surface area contributed by atoms with Gasteiger partial charge in [0.25, 0.3) is 0 Å². The van der Waals surface area contributed by atoms with E-state index in [-0.39, 0.29) is 0 Å². The average Bonchev–Trinajstić information content (AvgIpc) is 2.86. The maximum atomic E-state index is 4.69. The van der Waals surface area contributed by atoms with Crippen LogP contribution in [0.3, 0.4) is 0 Å². The molecule has 0 unspecified atom stereocenters. The van der Waals surface area contributed by atoms with Gasteiger partial charge in [0.15, 0.2) is 5.82 Å². The van der Waals surface area contributed by atoms with Gasteiger partial charge in [0.1, 0.15) is 0 Å². The van der Waals surface area contributed by atoms with Crippen molar-refractivity contribution in [1.29, 1.82) is 0 Å². The van der Waals surface area contributed by atoms with Crippen molar-refractivity contribution in [2.45, 2.75) is 39.7 Å². The summed E-state index contributed by atoms with van der Waals surface area (Å²) < 4.78 is 2.78. The summed E-state index contributed by atoms with van der Waals surface area (Å²) in [4.78, 5) is 4.69. The summed E-state index contributed by atoms with van der Waals surface area (Å²) in [5.41, 5.74) is 2.39.